The summed E-state index contributed by atoms with van der Waals surface area (Å²) in [6.07, 6.45) is 7.53. The number of amides is 2. The van der Waals surface area contributed by atoms with E-state index in [-0.39, 0.29) is 11.6 Å². The molecule has 3 heterocycles. The quantitative estimate of drug-likeness (QED) is 0.297. The Morgan fingerprint density at radius 3 is 2.60 bits per heavy atom. The zero-order valence-electron chi connectivity index (χ0n) is 24.0. The molecule has 43 heavy (non-hydrogen) atoms. The van der Waals surface area contributed by atoms with E-state index in [4.69, 9.17) is 9.47 Å². The highest BCUT2D eigenvalue weighted by Crippen LogP contribution is 2.44. The largest absolute Gasteiger partial charge is 0.492 e. The number of carbonyl (C=O) groups excluding carboxylic acids is 2. The van der Waals surface area contributed by atoms with Crippen molar-refractivity contribution in [2.24, 2.45) is 0 Å². The first-order valence-electron chi connectivity index (χ1n) is 14.2. The summed E-state index contributed by atoms with van der Waals surface area (Å²) in [6, 6.07) is 6.15. The maximum atomic E-state index is 13.4. The third-order valence-corrected chi connectivity index (χ3v) is 9.21. The van der Waals surface area contributed by atoms with E-state index in [1.165, 1.54) is 18.0 Å². The highest BCUT2D eigenvalue weighted by molar-refractivity contribution is 7.28. The van der Waals surface area contributed by atoms with E-state index < -0.39 is 23.6 Å². The van der Waals surface area contributed by atoms with Crippen LogP contribution in [0, 0.1) is 6.92 Å². The van der Waals surface area contributed by atoms with Crippen LogP contribution in [0.1, 0.15) is 45.9 Å². The second-order valence-electron chi connectivity index (χ2n) is 11.1. The van der Waals surface area contributed by atoms with Crippen LogP contribution >= 0.6 is 9.24 Å². The van der Waals surface area contributed by atoms with E-state index in [1.54, 1.807) is 18.1 Å². The van der Waals surface area contributed by atoms with Crippen molar-refractivity contribution in [3.8, 4) is 5.75 Å². The van der Waals surface area contributed by atoms with Gasteiger partial charge in [-0.25, -0.2) is 9.59 Å². The molecule has 2 aromatic carbocycles. The topological polar surface area (TPSA) is 130 Å². The lowest BCUT2D eigenvalue weighted by Crippen LogP contribution is -2.31. The number of ether oxygens (including phenoxy) is 2. The van der Waals surface area contributed by atoms with Gasteiger partial charge in [-0.15, -0.1) is 9.24 Å². The van der Waals surface area contributed by atoms with Crippen LogP contribution < -0.4 is 30.6 Å². The molecule has 2 unspecified atom stereocenters. The predicted molar refractivity (Wildman–Crippen MR) is 166 cm³/mol. The van der Waals surface area contributed by atoms with Gasteiger partial charge in [-0.3, -0.25) is 14.5 Å². The minimum Gasteiger partial charge on any atom is -0.492 e. The number of nitrogens with zero attached hydrogens (tertiary/aromatic N) is 3. The maximum Gasteiger partial charge on any atom is 0.415 e. The average molecular weight is 605 g/mol. The second kappa shape index (κ2) is 11.4. The van der Waals surface area contributed by atoms with Crippen molar-refractivity contribution < 1.29 is 29.0 Å². The number of fused-ring (bicyclic) bond motifs is 2. The summed E-state index contributed by atoms with van der Waals surface area (Å²) in [5.41, 5.74) is 4.59. The SMILES string of the molecule is COc1c(N2CCc3ccc(N4CC(C=CNC=O)OC4=O)cc3CC2)c(P)c(C)c2c(=O)c(C(=O)O)cn(C3CC3)c12. The number of cyclic esters (lactones) is 1. The Balaban J connectivity index is 1.34. The Morgan fingerprint density at radius 1 is 1.19 bits per heavy atom. The van der Waals surface area contributed by atoms with Gasteiger partial charge in [0.25, 0.3) is 0 Å². The number of hydrogen-bond acceptors (Lipinski definition) is 7. The van der Waals surface area contributed by atoms with Crippen molar-refractivity contribution in [3.05, 3.63) is 69.1 Å². The Kier molecular flexibility index (Phi) is 7.60. The number of hydrogen-bond donors (Lipinski definition) is 2. The fourth-order valence-electron chi connectivity index (χ4n) is 6.16. The lowest BCUT2D eigenvalue weighted by molar-refractivity contribution is -0.108. The molecule has 12 heteroatoms. The molecule has 11 nitrogen and oxygen atoms in total. The molecule has 3 aliphatic rings. The highest BCUT2D eigenvalue weighted by Gasteiger charge is 2.33. The number of carbonyl (C=O) groups is 3. The fraction of sp³-hybridized carbons (Fsp3) is 0.355. The number of carboxylic acids is 1. The highest BCUT2D eigenvalue weighted by atomic mass is 31.0. The molecule has 2 fully saturated rings. The minimum atomic E-state index is -1.23. The number of anilines is 2. The van der Waals surface area contributed by atoms with E-state index in [1.807, 2.05) is 23.6 Å². The Bertz CT molecular complexity index is 1750. The Hall–Kier alpha value is -4.37. The fourth-order valence-corrected chi connectivity index (χ4v) is 6.62. The third kappa shape index (κ3) is 5.12. The number of aryl methyl sites for hydroxylation is 1. The molecule has 6 rings (SSSR count). The zero-order chi connectivity index (χ0) is 30.4. The van der Waals surface area contributed by atoms with Gasteiger partial charge in [-0.05, 0) is 67.5 Å². The Morgan fingerprint density at radius 2 is 1.93 bits per heavy atom. The standard InChI is InChI=1S/C31H33N4O7P/c1-17-24-25(34(20-5-6-20)15-23(27(24)37)30(38)39)28(41-2)26(29(17)43)33-11-8-18-3-4-21(13-19(18)9-12-33)35-14-22(42-31(35)40)7-10-32-16-36/h3-4,7,10,13,15-16,20,22H,5-6,8-9,11-12,14,43H2,1-2H3,(H,32,36)(H,38,39). The number of carboxylic acid groups (broad SMARTS) is 1. The summed E-state index contributed by atoms with van der Waals surface area (Å²) in [7, 11) is 4.35. The molecular formula is C31H33N4O7P. The summed E-state index contributed by atoms with van der Waals surface area (Å²) in [4.78, 5) is 52.3. The maximum absolute atomic E-state index is 13.4. The van der Waals surface area contributed by atoms with E-state index in [2.05, 4.69) is 25.5 Å². The van der Waals surface area contributed by atoms with Gasteiger partial charge in [0, 0.05) is 42.5 Å². The molecule has 1 saturated heterocycles. The van der Waals surface area contributed by atoms with Crippen molar-refractivity contribution >= 4 is 55.3 Å². The predicted octanol–water partition coefficient (Wildman–Crippen LogP) is 3.04. The lowest BCUT2D eigenvalue weighted by atomic mass is 10.0. The first-order chi connectivity index (χ1) is 20.7. The molecule has 2 amide bonds. The number of methoxy groups -OCH3 is 1. The Labute approximate surface area is 250 Å². The number of aromatic nitrogens is 1. The molecular weight excluding hydrogens is 571 g/mol. The van der Waals surface area contributed by atoms with Gasteiger partial charge in [-0.1, -0.05) is 6.07 Å². The number of aromatic carboxylic acids is 1. The van der Waals surface area contributed by atoms with E-state index in [0.717, 1.165) is 53.5 Å². The van der Waals surface area contributed by atoms with Gasteiger partial charge in [0.05, 0.1) is 30.2 Å². The van der Waals surface area contributed by atoms with Crippen LogP contribution in [-0.4, -0.2) is 61.0 Å². The van der Waals surface area contributed by atoms with Gasteiger partial charge in [-0.2, -0.15) is 0 Å². The van der Waals surface area contributed by atoms with Crippen molar-refractivity contribution in [2.45, 2.75) is 44.8 Å². The summed E-state index contributed by atoms with van der Waals surface area (Å²) >= 11 is 0. The van der Waals surface area contributed by atoms with Crippen molar-refractivity contribution in [3.63, 3.8) is 0 Å². The summed E-state index contributed by atoms with van der Waals surface area (Å²) in [6.45, 7) is 3.59. The van der Waals surface area contributed by atoms with Crippen LogP contribution in [0.5, 0.6) is 5.75 Å². The number of pyridine rings is 1. The first-order valence-corrected chi connectivity index (χ1v) is 14.8. The van der Waals surface area contributed by atoms with Gasteiger partial charge in [0.2, 0.25) is 11.8 Å². The minimum absolute atomic E-state index is 0.123. The molecule has 0 spiro atoms. The van der Waals surface area contributed by atoms with Crippen LogP contribution in [0.4, 0.5) is 16.2 Å². The van der Waals surface area contributed by atoms with Crippen LogP contribution in [0.3, 0.4) is 0 Å². The number of rotatable bonds is 8. The average Bonchev–Trinajstić information content (AvgIpc) is 3.79. The molecule has 3 aromatic rings. The molecule has 1 aromatic heterocycles. The van der Waals surface area contributed by atoms with Crippen LogP contribution in [0.25, 0.3) is 10.9 Å². The molecule has 2 atom stereocenters. The van der Waals surface area contributed by atoms with E-state index >= 15 is 0 Å². The smallest absolute Gasteiger partial charge is 0.415 e. The van der Waals surface area contributed by atoms with Crippen molar-refractivity contribution in [1.29, 1.82) is 0 Å². The second-order valence-corrected chi connectivity index (χ2v) is 11.7. The normalized spacial score (nSPS) is 18.5. The van der Waals surface area contributed by atoms with Gasteiger partial charge in [0.1, 0.15) is 11.7 Å². The third-order valence-electron chi connectivity index (χ3n) is 8.50. The molecule has 0 bridgehead atoms. The zero-order valence-corrected chi connectivity index (χ0v) is 25.1. The van der Waals surface area contributed by atoms with Crippen LogP contribution in [-0.2, 0) is 22.4 Å². The van der Waals surface area contributed by atoms with E-state index in [9.17, 15) is 24.3 Å². The molecule has 2 aliphatic heterocycles. The van der Waals surface area contributed by atoms with Gasteiger partial charge >= 0.3 is 12.1 Å². The molecule has 1 saturated carbocycles. The van der Waals surface area contributed by atoms with Crippen molar-refractivity contribution in [2.75, 3.05) is 36.5 Å². The number of nitrogens with one attached hydrogen (secondary N) is 1. The number of benzene rings is 2. The monoisotopic (exact) mass is 604 g/mol. The molecule has 1 aliphatic carbocycles. The van der Waals surface area contributed by atoms with Crippen LogP contribution in [0.2, 0.25) is 0 Å². The van der Waals surface area contributed by atoms with Crippen molar-refractivity contribution in [1.82, 2.24) is 9.88 Å². The summed E-state index contributed by atoms with van der Waals surface area (Å²) in [5, 5.41) is 13.4. The molecule has 2 N–H and O–H groups in total. The first kappa shape index (κ1) is 28.7. The van der Waals surface area contributed by atoms with Gasteiger partial charge < -0.3 is 29.4 Å². The molecule has 0 radical (unpaired) electrons. The molecule has 224 valence electrons. The van der Waals surface area contributed by atoms with Gasteiger partial charge in [0.15, 0.2) is 5.75 Å². The summed E-state index contributed by atoms with van der Waals surface area (Å²) in [5.74, 6) is -0.663. The summed E-state index contributed by atoms with van der Waals surface area (Å²) < 4.78 is 13.4. The van der Waals surface area contributed by atoms with Crippen LogP contribution in [0.15, 0.2) is 41.5 Å². The lowest BCUT2D eigenvalue weighted by Gasteiger charge is -2.29. The van der Waals surface area contributed by atoms with E-state index in [0.29, 0.717) is 42.7 Å².